The highest BCUT2D eigenvalue weighted by Crippen LogP contribution is 2.09. The lowest BCUT2D eigenvalue weighted by Gasteiger charge is -2.01. The van der Waals surface area contributed by atoms with Crippen molar-refractivity contribution in [2.45, 2.75) is 20.0 Å². The normalized spacial score (nSPS) is 21.1. The zero-order chi connectivity index (χ0) is 9.84. The Bertz CT molecular complexity index is 250. The van der Waals surface area contributed by atoms with Crippen LogP contribution in [0.5, 0.6) is 0 Å². The summed E-state index contributed by atoms with van der Waals surface area (Å²) in [5, 5.41) is 0. The highest BCUT2D eigenvalue weighted by atomic mass is 16.6. The topological polar surface area (TPSA) is 55.9 Å². The molecule has 72 valence electrons. The number of esters is 1. The largest absolute Gasteiger partial charge is 0.459 e. The van der Waals surface area contributed by atoms with E-state index < -0.39 is 5.97 Å². The highest BCUT2D eigenvalue weighted by molar-refractivity contribution is 5.97. The Morgan fingerprint density at radius 1 is 1.54 bits per heavy atom. The van der Waals surface area contributed by atoms with Gasteiger partial charge in [-0.25, -0.2) is 4.79 Å². The zero-order valence-electron chi connectivity index (χ0n) is 7.70. The second kappa shape index (κ2) is 4.18. The highest BCUT2D eigenvalue weighted by Gasteiger charge is 2.24. The van der Waals surface area contributed by atoms with Crippen LogP contribution in [0, 0.1) is 0 Å². The van der Waals surface area contributed by atoms with E-state index >= 15 is 0 Å². The summed E-state index contributed by atoms with van der Waals surface area (Å²) in [5.41, 5.74) is 0.327. The molecule has 0 aromatic carbocycles. The summed E-state index contributed by atoms with van der Waals surface area (Å²) in [5.74, 6) is -0.608. The molecule has 0 radical (unpaired) electrons. The van der Waals surface area contributed by atoms with Crippen LogP contribution in [0.1, 0.15) is 13.8 Å². The van der Waals surface area contributed by atoms with Gasteiger partial charge < -0.3 is 9.47 Å². The van der Waals surface area contributed by atoms with Crippen LogP contribution in [-0.2, 0) is 19.1 Å². The van der Waals surface area contributed by atoms with Crippen LogP contribution in [0.2, 0.25) is 0 Å². The first-order valence-electron chi connectivity index (χ1n) is 4.07. The Morgan fingerprint density at radius 2 is 2.15 bits per heavy atom. The molecular weight excluding hydrogens is 172 g/mol. The Hall–Kier alpha value is -1.16. The van der Waals surface area contributed by atoms with Crippen molar-refractivity contribution < 1.29 is 19.1 Å². The van der Waals surface area contributed by atoms with Crippen molar-refractivity contribution in [3.8, 4) is 0 Å². The average Bonchev–Trinajstić information content (AvgIpc) is 2.81. The molecule has 0 aliphatic carbocycles. The SMILES string of the molecule is CC(=O)C=C(C)C(=O)OCC1CO1. The van der Waals surface area contributed by atoms with Crippen LogP contribution in [0.15, 0.2) is 11.6 Å². The second-order valence-electron chi connectivity index (χ2n) is 2.99. The minimum Gasteiger partial charge on any atom is -0.459 e. The van der Waals surface area contributed by atoms with Crippen LogP contribution in [0.3, 0.4) is 0 Å². The maximum Gasteiger partial charge on any atom is 0.333 e. The van der Waals surface area contributed by atoms with Gasteiger partial charge in [0, 0.05) is 5.57 Å². The van der Waals surface area contributed by atoms with Gasteiger partial charge in [0.2, 0.25) is 0 Å². The average molecular weight is 184 g/mol. The quantitative estimate of drug-likeness (QED) is 0.362. The number of hydrogen-bond acceptors (Lipinski definition) is 4. The fraction of sp³-hybridized carbons (Fsp3) is 0.556. The number of allylic oxidation sites excluding steroid dienone is 1. The first-order chi connectivity index (χ1) is 6.09. The van der Waals surface area contributed by atoms with E-state index in [0.29, 0.717) is 12.2 Å². The van der Waals surface area contributed by atoms with Crippen molar-refractivity contribution in [3.63, 3.8) is 0 Å². The van der Waals surface area contributed by atoms with Gasteiger partial charge in [0.25, 0.3) is 0 Å². The number of rotatable bonds is 4. The standard InChI is InChI=1S/C9H12O4/c1-6(3-7(2)10)9(11)13-5-8-4-12-8/h3,8H,4-5H2,1-2H3. The van der Waals surface area contributed by atoms with Gasteiger partial charge in [0.15, 0.2) is 5.78 Å². The van der Waals surface area contributed by atoms with E-state index in [0.717, 1.165) is 0 Å². The Balaban J connectivity index is 2.32. The summed E-state index contributed by atoms with van der Waals surface area (Å²) in [6.45, 7) is 3.88. The predicted molar refractivity (Wildman–Crippen MR) is 45.1 cm³/mol. The lowest BCUT2D eigenvalue weighted by atomic mass is 10.2. The van der Waals surface area contributed by atoms with Crippen LogP contribution < -0.4 is 0 Å². The molecule has 1 fully saturated rings. The fourth-order valence-corrected chi connectivity index (χ4v) is 0.811. The summed E-state index contributed by atoms with van der Waals surface area (Å²) in [7, 11) is 0. The van der Waals surface area contributed by atoms with Gasteiger partial charge in [0.1, 0.15) is 12.7 Å². The van der Waals surface area contributed by atoms with Crippen LogP contribution in [0.25, 0.3) is 0 Å². The molecule has 1 aliphatic heterocycles. The van der Waals surface area contributed by atoms with Gasteiger partial charge in [-0.2, -0.15) is 0 Å². The van der Waals surface area contributed by atoms with Crippen molar-refractivity contribution in [3.05, 3.63) is 11.6 Å². The van der Waals surface area contributed by atoms with Crippen molar-refractivity contribution in [2.24, 2.45) is 0 Å². The third-order valence-electron chi connectivity index (χ3n) is 1.54. The van der Waals surface area contributed by atoms with E-state index in [1.807, 2.05) is 0 Å². The minimum atomic E-state index is -0.453. The van der Waals surface area contributed by atoms with Crippen LogP contribution in [0.4, 0.5) is 0 Å². The monoisotopic (exact) mass is 184 g/mol. The maximum absolute atomic E-state index is 11.1. The predicted octanol–water partition coefficient (Wildman–Crippen LogP) is 0.464. The number of carbonyl (C=O) groups is 2. The molecular formula is C9H12O4. The van der Waals surface area contributed by atoms with Crippen LogP contribution >= 0.6 is 0 Å². The molecule has 1 atom stereocenters. The summed E-state index contributed by atoms with van der Waals surface area (Å²) >= 11 is 0. The van der Waals surface area contributed by atoms with Gasteiger partial charge in [-0.05, 0) is 19.9 Å². The molecule has 0 aromatic rings. The van der Waals surface area contributed by atoms with E-state index in [1.54, 1.807) is 6.92 Å². The van der Waals surface area contributed by atoms with Crippen molar-refractivity contribution in [1.82, 2.24) is 0 Å². The molecule has 1 saturated heterocycles. The number of ketones is 1. The Morgan fingerprint density at radius 3 is 2.62 bits per heavy atom. The summed E-state index contributed by atoms with van der Waals surface area (Å²) in [6.07, 6.45) is 1.32. The van der Waals surface area contributed by atoms with Gasteiger partial charge in [0.05, 0.1) is 6.61 Å². The minimum absolute atomic E-state index is 0.0640. The second-order valence-corrected chi connectivity index (χ2v) is 2.99. The Kier molecular flexibility index (Phi) is 3.19. The van der Waals surface area contributed by atoms with E-state index in [-0.39, 0.29) is 18.5 Å². The molecule has 0 N–H and O–H groups in total. The van der Waals surface area contributed by atoms with E-state index in [9.17, 15) is 9.59 Å². The molecule has 13 heavy (non-hydrogen) atoms. The molecule has 1 rings (SSSR count). The molecule has 0 spiro atoms. The van der Waals surface area contributed by atoms with Crippen LogP contribution in [-0.4, -0.2) is 31.1 Å². The van der Waals surface area contributed by atoms with E-state index in [4.69, 9.17) is 9.47 Å². The zero-order valence-corrected chi connectivity index (χ0v) is 7.70. The summed E-state index contributed by atoms with van der Waals surface area (Å²) < 4.78 is 9.70. The first-order valence-corrected chi connectivity index (χ1v) is 4.07. The molecule has 4 nitrogen and oxygen atoms in total. The third kappa shape index (κ3) is 3.85. The number of ether oxygens (including phenoxy) is 2. The maximum atomic E-state index is 11.1. The molecule has 0 amide bonds. The van der Waals surface area contributed by atoms with Crippen molar-refractivity contribution >= 4 is 11.8 Å². The number of carbonyl (C=O) groups excluding carboxylic acids is 2. The number of epoxide rings is 1. The molecule has 0 saturated carbocycles. The van der Waals surface area contributed by atoms with E-state index in [1.165, 1.54) is 13.0 Å². The lowest BCUT2D eigenvalue weighted by molar-refractivity contribution is -0.139. The molecule has 1 heterocycles. The lowest BCUT2D eigenvalue weighted by Crippen LogP contribution is -2.11. The summed E-state index contributed by atoms with van der Waals surface area (Å²) in [6, 6.07) is 0. The van der Waals surface area contributed by atoms with Gasteiger partial charge in [-0.15, -0.1) is 0 Å². The first kappa shape index (κ1) is 9.92. The fourth-order valence-electron chi connectivity index (χ4n) is 0.811. The molecule has 4 heteroatoms. The van der Waals surface area contributed by atoms with Crippen molar-refractivity contribution in [2.75, 3.05) is 13.2 Å². The molecule has 1 unspecified atom stereocenters. The summed E-state index contributed by atoms with van der Waals surface area (Å²) in [4.78, 5) is 21.7. The number of hydrogen-bond donors (Lipinski definition) is 0. The van der Waals surface area contributed by atoms with Gasteiger partial charge >= 0.3 is 5.97 Å². The molecule has 0 aromatic heterocycles. The van der Waals surface area contributed by atoms with Crippen molar-refractivity contribution in [1.29, 1.82) is 0 Å². The molecule has 1 aliphatic rings. The van der Waals surface area contributed by atoms with Gasteiger partial charge in [-0.3, -0.25) is 4.79 Å². The van der Waals surface area contributed by atoms with E-state index in [2.05, 4.69) is 0 Å². The Labute approximate surface area is 76.5 Å². The third-order valence-corrected chi connectivity index (χ3v) is 1.54. The smallest absolute Gasteiger partial charge is 0.333 e. The molecule has 0 bridgehead atoms. The van der Waals surface area contributed by atoms with Gasteiger partial charge in [-0.1, -0.05) is 0 Å².